The van der Waals surface area contributed by atoms with Gasteiger partial charge in [0.25, 0.3) is 0 Å². The Morgan fingerprint density at radius 1 is 1.42 bits per heavy atom. The molecule has 3 nitrogen and oxygen atoms in total. The van der Waals surface area contributed by atoms with Gasteiger partial charge < -0.3 is 10.2 Å². The highest BCUT2D eigenvalue weighted by molar-refractivity contribution is 6.56. The minimum Gasteiger partial charge on any atom is -0.481 e. The normalized spacial score (nSPS) is 23.0. The fraction of sp³-hybridized carbons (Fsp3) is 0.400. The van der Waals surface area contributed by atoms with Crippen molar-refractivity contribution in [3.63, 3.8) is 0 Å². The van der Waals surface area contributed by atoms with Crippen LogP contribution in [0.3, 0.4) is 0 Å². The summed E-state index contributed by atoms with van der Waals surface area (Å²) in [7, 11) is -0.661. The van der Waals surface area contributed by atoms with Crippen LogP contribution in [-0.2, 0) is 4.79 Å². The van der Waals surface area contributed by atoms with Gasteiger partial charge in [-0.05, 0) is 42.5 Å². The maximum atomic E-state index is 11.4. The summed E-state index contributed by atoms with van der Waals surface area (Å²) in [6.45, 7) is 4.07. The van der Waals surface area contributed by atoms with Gasteiger partial charge in [-0.1, -0.05) is 29.5 Å². The fourth-order valence-corrected chi connectivity index (χ4v) is 5.40. The molecule has 4 heteroatoms. The smallest absolute Gasteiger partial charge is 0.310 e. The number of aliphatic carboxylic acids is 1. The van der Waals surface area contributed by atoms with E-state index in [-0.39, 0.29) is 12.1 Å². The third-order valence-electron chi connectivity index (χ3n) is 4.20. The molecule has 0 amide bonds. The average molecular weight is 276 g/mol. The van der Waals surface area contributed by atoms with Crippen LogP contribution in [0.1, 0.15) is 17.5 Å². The molecular formula is C15H20O3Si. The Balaban J connectivity index is 2.20. The van der Waals surface area contributed by atoms with E-state index in [0.717, 1.165) is 6.42 Å². The summed E-state index contributed by atoms with van der Waals surface area (Å²) in [6, 6.07) is 6.27. The van der Waals surface area contributed by atoms with E-state index in [0.29, 0.717) is 5.57 Å². The Labute approximate surface area is 115 Å². The number of allylic oxidation sites excluding steroid dienone is 1. The first-order chi connectivity index (χ1) is 9.04. The van der Waals surface area contributed by atoms with E-state index in [2.05, 4.69) is 32.0 Å². The van der Waals surface area contributed by atoms with E-state index in [1.807, 2.05) is 6.08 Å². The molecule has 0 aliphatic heterocycles. The van der Waals surface area contributed by atoms with Crippen molar-refractivity contribution in [1.29, 1.82) is 0 Å². The number of benzene rings is 1. The van der Waals surface area contributed by atoms with Crippen LogP contribution in [0.25, 0.3) is 0 Å². The van der Waals surface area contributed by atoms with Crippen LogP contribution in [0.15, 0.2) is 29.8 Å². The Kier molecular flexibility index (Phi) is 4.22. The summed E-state index contributed by atoms with van der Waals surface area (Å²) in [4.78, 5) is 11.4. The van der Waals surface area contributed by atoms with Crippen LogP contribution in [0.2, 0.25) is 5.54 Å². The second-order valence-corrected chi connectivity index (χ2v) is 7.53. The lowest BCUT2D eigenvalue weighted by Gasteiger charge is -2.19. The Bertz CT molecular complexity index is 522. The zero-order valence-electron chi connectivity index (χ0n) is 11.4. The van der Waals surface area contributed by atoms with Crippen molar-refractivity contribution in [2.45, 2.75) is 25.8 Å². The number of carbonyl (C=O) groups is 1. The molecule has 1 aromatic carbocycles. The molecular weight excluding hydrogens is 256 g/mol. The predicted octanol–water partition coefficient (Wildman–Crippen LogP) is 0.909. The number of carboxylic acid groups (broad SMARTS) is 1. The topological polar surface area (TPSA) is 57.5 Å². The van der Waals surface area contributed by atoms with Gasteiger partial charge in [0.05, 0.1) is 22.0 Å². The molecule has 0 heterocycles. The number of aliphatic hydroxyl groups excluding tert-OH is 1. The molecule has 1 aliphatic carbocycles. The van der Waals surface area contributed by atoms with Gasteiger partial charge in [-0.2, -0.15) is 0 Å². The third kappa shape index (κ3) is 2.79. The predicted molar refractivity (Wildman–Crippen MR) is 78.8 cm³/mol. The van der Waals surface area contributed by atoms with Crippen LogP contribution < -0.4 is 5.19 Å². The molecule has 0 radical (unpaired) electrons. The van der Waals surface area contributed by atoms with Crippen molar-refractivity contribution in [1.82, 2.24) is 0 Å². The molecule has 2 rings (SSSR count). The Hall–Kier alpha value is -1.39. The van der Waals surface area contributed by atoms with E-state index in [1.165, 1.54) is 16.3 Å². The van der Waals surface area contributed by atoms with Gasteiger partial charge in [-0.15, -0.1) is 0 Å². The van der Waals surface area contributed by atoms with E-state index >= 15 is 0 Å². The van der Waals surface area contributed by atoms with Crippen LogP contribution in [0, 0.1) is 19.8 Å². The fourth-order valence-electron chi connectivity index (χ4n) is 2.91. The van der Waals surface area contributed by atoms with Gasteiger partial charge in [-0.3, -0.25) is 4.79 Å². The van der Waals surface area contributed by atoms with E-state index in [9.17, 15) is 15.0 Å². The Morgan fingerprint density at radius 3 is 2.79 bits per heavy atom. The summed E-state index contributed by atoms with van der Waals surface area (Å²) in [5.74, 6) is -1.27. The molecule has 0 spiro atoms. The molecule has 0 saturated carbocycles. The molecule has 0 saturated heterocycles. The van der Waals surface area contributed by atoms with Gasteiger partial charge in [-0.25, -0.2) is 0 Å². The van der Waals surface area contributed by atoms with Crippen LogP contribution in [0.5, 0.6) is 0 Å². The third-order valence-corrected chi connectivity index (χ3v) is 6.74. The van der Waals surface area contributed by atoms with Crippen molar-refractivity contribution in [2.24, 2.45) is 5.92 Å². The van der Waals surface area contributed by atoms with Crippen molar-refractivity contribution >= 4 is 20.7 Å². The highest BCUT2D eigenvalue weighted by Crippen LogP contribution is 2.36. The second-order valence-electron chi connectivity index (χ2n) is 5.31. The van der Waals surface area contributed by atoms with Crippen LogP contribution in [0.4, 0.5) is 0 Å². The lowest BCUT2D eigenvalue weighted by atomic mass is 10.0. The lowest BCUT2D eigenvalue weighted by Crippen LogP contribution is -2.30. The number of hydrogen-bond acceptors (Lipinski definition) is 2. The van der Waals surface area contributed by atoms with Crippen molar-refractivity contribution < 1.29 is 15.0 Å². The number of carboxylic acids is 1. The molecule has 19 heavy (non-hydrogen) atoms. The molecule has 0 unspecified atom stereocenters. The number of aliphatic hydroxyl groups is 1. The van der Waals surface area contributed by atoms with Gasteiger partial charge in [0.15, 0.2) is 0 Å². The van der Waals surface area contributed by atoms with Crippen LogP contribution in [-0.4, -0.2) is 32.3 Å². The van der Waals surface area contributed by atoms with Gasteiger partial charge in [0.2, 0.25) is 0 Å². The number of aryl methyl sites for hydroxylation is 1. The van der Waals surface area contributed by atoms with E-state index < -0.39 is 21.4 Å². The van der Waals surface area contributed by atoms with Crippen molar-refractivity contribution in [3.05, 3.63) is 41.0 Å². The van der Waals surface area contributed by atoms with Gasteiger partial charge in [0.1, 0.15) is 0 Å². The monoisotopic (exact) mass is 276 g/mol. The van der Waals surface area contributed by atoms with Crippen molar-refractivity contribution in [3.8, 4) is 0 Å². The average Bonchev–Trinajstić information content (AvgIpc) is 2.78. The standard InChI is InChI=1S/C15H20O3Si/c1-9-4-3-5-12(10(9)2)19-13-7-6-11(8-16)14(13)15(17)18/h3-6,13-14,16H,7-8,19H2,1-2H3,(H,17,18)/t13-,14-/m0/s1. The first-order valence-corrected chi connectivity index (χ1v) is 8.14. The molecule has 2 N–H and O–H groups in total. The molecule has 0 aromatic heterocycles. The molecule has 1 aromatic rings. The van der Waals surface area contributed by atoms with Crippen LogP contribution >= 0.6 is 0 Å². The zero-order chi connectivity index (χ0) is 14.0. The summed E-state index contributed by atoms with van der Waals surface area (Å²) < 4.78 is 0. The SMILES string of the molecule is Cc1cccc([SiH2][C@H]2CC=C(CO)[C@@H]2C(=O)O)c1C. The number of rotatable bonds is 4. The first-order valence-electron chi connectivity index (χ1n) is 6.62. The molecule has 0 bridgehead atoms. The summed E-state index contributed by atoms with van der Waals surface area (Å²) in [5, 5.41) is 20.0. The van der Waals surface area contributed by atoms with E-state index in [4.69, 9.17) is 0 Å². The zero-order valence-corrected chi connectivity index (χ0v) is 12.8. The second kappa shape index (κ2) is 5.71. The highest BCUT2D eigenvalue weighted by atomic mass is 28.2. The van der Waals surface area contributed by atoms with Gasteiger partial charge in [0, 0.05) is 0 Å². The molecule has 102 valence electrons. The lowest BCUT2D eigenvalue weighted by molar-refractivity contribution is -0.140. The minimum absolute atomic E-state index is 0.130. The summed E-state index contributed by atoms with van der Waals surface area (Å²) >= 11 is 0. The maximum absolute atomic E-state index is 11.4. The quantitative estimate of drug-likeness (QED) is 0.635. The van der Waals surface area contributed by atoms with Crippen molar-refractivity contribution in [2.75, 3.05) is 6.61 Å². The molecule has 2 atom stereocenters. The largest absolute Gasteiger partial charge is 0.481 e. The first kappa shape index (κ1) is 14.0. The molecule has 1 aliphatic rings. The summed E-state index contributed by atoms with van der Waals surface area (Å²) in [6.07, 6.45) is 2.72. The van der Waals surface area contributed by atoms with E-state index in [1.54, 1.807) is 0 Å². The highest BCUT2D eigenvalue weighted by Gasteiger charge is 2.35. The molecule has 0 fully saturated rings. The summed E-state index contributed by atoms with van der Waals surface area (Å²) in [5.41, 5.74) is 3.46. The number of hydrogen-bond donors (Lipinski definition) is 2. The van der Waals surface area contributed by atoms with Gasteiger partial charge >= 0.3 is 5.97 Å². The Morgan fingerprint density at radius 2 is 2.16 bits per heavy atom. The minimum atomic E-state index is -0.791. The maximum Gasteiger partial charge on any atom is 0.310 e.